The number of halogens is 1. The van der Waals surface area contributed by atoms with Crippen molar-refractivity contribution in [3.63, 3.8) is 0 Å². The van der Waals surface area contributed by atoms with Gasteiger partial charge in [-0.15, -0.1) is 0 Å². The second kappa shape index (κ2) is 7.13. The van der Waals surface area contributed by atoms with Crippen LogP contribution in [0.15, 0.2) is 53.0 Å². The number of carbonyl (C=O) groups is 1. The topological polar surface area (TPSA) is 47.6 Å². The van der Waals surface area contributed by atoms with Gasteiger partial charge in [-0.05, 0) is 59.3 Å². The van der Waals surface area contributed by atoms with E-state index in [0.717, 1.165) is 10.2 Å². The Bertz CT molecular complexity index is 613. The first-order valence-electron chi connectivity index (χ1n) is 6.46. The van der Waals surface area contributed by atoms with E-state index < -0.39 is 6.10 Å². The van der Waals surface area contributed by atoms with Gasteiger partial charge >= 0.3 is 0 Å². The molecule has 2 rings (SSSR count). The highest BCUT2D eigenvalue weighted by molar-refractivity contribution is 9.10. The van der Waals surface area contributed by atoms with Gasteiger partial charge < -0.3 is 14.8 Å². The monoisotopic (exact) mass is 349 g/mol. The number of amides is 1. The molecule has 0 saturated heterocycles. The van der Waals surface area contributed by atoms with Crippen molar-refractivity contribution in [1.82, 2.24) is 0 Å². The van der Waals surface area contributed by atoms with Gasteiger partial charge in [0, 0.05) is 4.47 Å². The van der Waals surface area contributed by atoms with Gasteiger partial charge in [0.05, 0.1) is 12.8 Å². The average Bonchev–Trinajstić information content (AvgIpc) is 2.50. The normalized spacial score (nSPS) is 11.6. The Morgan fingerprint density at radius 3 is 2.33 bits per heavy atom. The number of ether oxygens (including phenoxy) is 2. The molecule has 0 aliphatic carbocycles. The van der Waals surface area contributed by atoms with Gasteiger partial charge in [-0.25, -0.2) is 0 Å². The summed E-state index contributed by atoms with van der Waals surface area (Å²) in [5, 5.41) is 2.82. The van der Waals surface area contributed by atoms with Crippen LogP contribution in [0.2, 0.25) is 0 Å². The van der Waals surface area contributed by atoms with Crippen molar-refractivity contribution in [3.05, 3.63) is 53.0 Å². The molecule has 0 spiro atoms. The molecule has 0 unspecified atom stereocenters. The lowest BCUT2D eigenvalue weighted by molar-refractivity contribution is -0.122. The minimum atomic E-state index is -0.606. The molecular formula is C16H16BrNO3. The highest BCUT2D eigenvalue weighted by Crippen LogP contribution is 2.22. The molecule has 5 heteroatoms. The molecule has 0 radical (unpaired) electrons. The molecule has 2 aromatic carbocycles. The van der Waals surface area contributed by atoms with Crippen molar-refractivity contribution in [2.45, 2.75) is 13.0 Å². The van der Waals surface area contributed by atoms with Crippen LogP contribution >= 0.6 is 15.9 Å². The van der Waals surface area contributed by atoms with E-state index in [2.05, 4.69) is 21.2 Å². The van der Waals surface area contributed by atoms with E-state index in [0.29, 0.717) is 11.4 Å². The maximum Gasteiger partial charge on any atom is 0.265 e. The van der Waals surface area contributed by atoms with Gasteiger partial charge in [-0.2, -0.15) is 0 Å². The molecule has 1 atom stereocenters. The Kier molecular flexibility index (Phi) is 5.22. The zero-order valence-corrected chi connectivity index (χ0v) is 13.4. The van der Waals surface area contributed by atoms with Crippen LogP contribution in [-0.4, -0.2) is 19.1 Å². The summed E-state index contributed by atoms with van der Waals surface area (Å²) in [5.74, 6) is 1.15. The van der Waals surface area contributed by atoms with Crippen molar-refractivity contribution in [2.75, 3.05) is 12.4 Å². The number of benzene rings is 2. The van der Waals surface area contributed by atoms with Gasteiger partial charge in [0.15, 0.2) is 6.10 Å². The van der Waals surface area contributed by atoms with Crippen LogP contribution in [0.4, 0.5) is 5.69 Å². The molecule has 1 N–H and O–H groups in total. The minimum absolute atomic E-state index is 0.210. The van der Waals surface area contributed by atoms with E-state index in [-0.39, 0.29) is 5.91 Å². The third-order valence-corrected chi connectivity index (χ3v) is 3.56. The predicted octanol–water partition coefficient (Wildman–Crippen LogP) is 3.86. The van der Waals surface area contributed by atoms with Crippen LogP contribution in [0.5, 0.6) is 11.5 Å². The maximum absolute atomic E-state index is 12.1. The second-order valence-electron chi connectivity index (χ2n) is 4.40. The lowest BCUT2D eigenvalue weighted by Gasteiger charge is -2.15. The molecule has 1 amide bonds. The van der Waals surface area contributed by atoms with Crippen LogP contribution in [0.1, 0.15) is 6.92 Å². The number of para-hydroxylation sites is 1. The van der Waals surface area contributed by atoms with Gasteiger partial charge in [-0.3, -0.25) is 4.79 Å². The second-order valence-corrected chi connectivity index (χ2v) is 5.26. The minimum Gasteiger partial charge on any atom is -0.497 e. The number of hydrogen-bond donors (Lipinski definition) is 1. The fraction of sp³-hybridized carbons (Fsp3) is 0.188. The van der Waals surface area contributed by atoms with Gasteiger partial charge in [0.25, 0.3) is 5.91 Å². The fourth-order valence-electron chi connectivity index (χ4n) is 1.71. The first-order chi connectivity index (χ1) is 10.1. The summed E-state index contributed by atoms with van der Waals surface area (Å²) >= 11 is 3.39. The molecule has 0 aliphatic rings. The standard InChI is InChI=1S/C16H16BrNO3/c1-11(21-13-9-7-12(20-2)8-10-13)16(19)18-15-6-4-3-5-14(15)17/h3-11H,1-2H3,(H,18,19)/t11-/m0/s1. The number of hydrogen-bond acceptors (Lipinski definition) is 3. The van der Waals surface area contributed by atoms with Crippen LogP contribution in [-0.2, 0) is 4.79 Å². The molecule has 0 heterocycles. The van der Waals surface area contributed by atoms with Crippen LogP contribution < -0.4 is 14.8 Å². The number of carbonyl (C=O) groups excluding carboxylic acids is 1. The summed E-state index contributed by atoms with van der Waals surface area (Å²) in [6.07, 6.45) is -0.606. The van der Waals surface area contributed by atoms with E-state index >= 15 is 0 Å². The summed E-state index contributed by atoms with van der Waals surface area (Å²) in [7, 11) is 1.60. The van der Waals surface area contributed by atoms with Gasteiger partial charge in [0.2, 0.25) is 0 Å². The summed E-state index contributed by atoms with van der Waals surface area (Å²) in [5.41, 5.74) is 0.715. The molecular weight excluding hydrogens is 334 g/mol. The Morgan fingerprint density at radius 1 is 1.10 bits per heavy atom. The van der Waals surface area contributed by atoms with Crippen molar-refractivity contribution in [1.29, 1.82) is 0 Å². The van der Waals surface area contributed by atoms with Crippen LogP contribution in [0, 0.1) is 0 Å². The molecule has 4 nitrogen and oxygen atoms in total. The number of rotatable bonds is 5. The van der Waals surface area contributed by atoms with Crippen LogP contribution in [0.25, 0.3) is 0 Å². The highest BCUT2D eigenvalue weighted by atomic mass is 79.9. The van der Waals surface area contributed by atoms with E-state index in [1.165, 1.54) is 0 Å². The first kappa shape index (κ1) is 15.4. The molecule has 0 bridgehead atoms. The molecule has 0 aliphatic heterocycles. The largest absolute Gasteiger partial charge is 0.497 e. The summed E-state index contributed by atoms with van der Waals surface area (Å²) in [6, 6.07) is 14.5. The van der Waals surface area contributed by atoms with E-state index in [9.17, 15) is 4.79 Å². The summed E-state index contributed by atoms with van der Waals surface area (Å²) in [4.78, 5) is 12.1. The van der Waals surface area contributed by atoms with Crippen molar-refractivity contribution in [2.24, 2.45) is 0 Å². The quantitative estimate of drug-likeness (QED) is 0.891. The van der Waals surface area contributed by atoms with Gasteiger partial charge in [-0.1, -0.05) is 12.1 Å². The maximum atomic E-state index is 12.1. The lowest BCUT2D eigenvalue weighted by atomic mass is 10.3. The Morgan fingerprint density at radius 2 is 1.71 bits per heavy atom. The molecule has 21 heavy (non-hydrogen) atoms. The number of nitrogens with one attached hydrogen (secondary N) is 1. The molecule has 0 saturated carbocycles. The molecule has 2 aromatic rings. The molecule has 110 valence electrons. The smallest absolute Gasteiger partial charge is 0.265 e. The van der Waals surface area contributed by atoms with Crippen LogP contribution in [0.3, 0.4) is 0 Å². The molecule has 0 fully saturated rings. The summed E-state index contributed by atoms with van der Waals surface area (Å²) < 4.78 is 11.5. The number of methoxy groups -OCH3 is 1. The Hall–Kier alpha value is -2.01. The predicted molar refractivity (Wildman–Crippen MR) is 85.9 cm³/mol. The third-order valence-electron chi connectivity index (χ3n) is 2.87. The van der Waals surface area contributed by atoms with E-state index in [4.69, 9.17) is 9.47 Å². The highest BCUT2D eigenvalue weighted by Gasteiger charge is 2.15. The van der Waals surface area contributed by atoms with E-state index in [1.54, 1.807) is 38.3 Å². The van der Waals surface area contributed by atoms with Gasteiger partial charge in [0.1, 0.15) is 11.5 Å². The summed E-state index contributed by atoms with van der Waals surface area (Å²) in [6.45, 7) is 1.70. The van der Waals surface area contributed by atoms with Crippen molar-refractivity contribution < 1.29 is 14.3 Å². The Balaban J connectivity index is 1.97. The zero-order chi connectivity index (χ0) is 15.2. The zero-order valence-electron chi connectivity index (χ0n) is 11.8. The first-order valence-corrected chi connectivity index (χ1v) is 7.25. The van der Waals surface area contributed by atoms with E-state index in [1.807, 2.05) is 24.3 Å². The number of anilines is 1. The fourth-order valence-corrected chi connectivity index (χ4v) is 2.09. The van der Waals surface area contributed by atoms with Crippen molar-refractivity contribution >= 4 is 27.5 Å². The molecule has 0 aromatic heterocycles. The Labute approximate surface area is 132 Å². The lowest BCUT2D eigenvalue weighted by Crippen LogP contribution is -2.30. The van der Waals surface area contributed by atoms with Crippen molar-refractivity contribution in [3.8, 4) is 11.5 Å². The third kappa shape index (κ3) is 4.23. The SMILES string of the molecule is COc1ccc(O[C@@H](C)C(=O)Nc2ccccc2Br)cc1. The average molecular weight is 350 g/mol.